The van der Waals surface area contributed by atoms with Crippen molar-refractivity contribution in [2.45, 2.75) is 52.6 Å². The molecular formula is C10H21NO2. The number of ether oxygens (including phenoxy) is 1. The van der Waals surface area contributed by atoms with Gasteiger partial charge in [-0.3, -0.25) is 0 Å². The van der Waals surface area contributed by atoms with Gasteiger partial charge in [0, 0.05) is 12.1 Å². The Hall–Kier alpha value is -0.730. The summed E-state index contributed by atoms with van der Waals surface area (Å²) >= 11 is 0. The van der Waals surface area contributed by atoms with Gasteiger partial charge in [-0.05, 0) is 26.7 Å². The maximum Gasteiger partial charge on any atom is 0.409 e. The number of amides is 1. The standard InChI is InChI=1S/C10H21NO2/c1-6-8(3)11(9(4)7-2)10(12)13-5/h8-9H,6-7H2,1-5H3. The van der Waals surface area contributed by atoms with E-state index in [1.807, 2.05) is 13.8 Å². The number of carbonyl (C=O) groups excluding carboxylic acids is 1. The first-order valence-corrected chi connectivity index (χ1v) is 4.94. The first kappa shape index (κ1) is 12.3. The van der Waals surface area contributed by atoms with Gasteiger partial charge < -0.3 is 9.64 Å². The van der Waals surface area contributed by atoms with Crippen LogP contribution in [0.5, 0.6) is 0 Å². The lowest BCUT2D eigenvalue weighted by atomic mass is 10.1. The van der Waals surface area contributed by atoms with E-state index < -0.39 is 0 Å². The van der Waals surface area contributed by atoms with Crippen LogP contribution in [0.1, 0.15) is 40.5 Å². The molecule has 0 radical (unpaired) electrons. The average Bonchev–Trinajstić information content (AvgIpc) is 2.16. The fourth-order valence-corrected chi connectivity index (χ4v) is 1.29. The topological polar surface area (TPSA) is 29.5 Å². The Morgan fingerprint density at radius 3 is 1.85 bits per heavy atom. The van der Waals surface area contributed by atoms with Crippen LogP contribution < -0.4 is 0 Å². The van der Waals surface area contributed by atoms with Crippen LogP contribution in [-0.4, -0.2) is 30.2 Å². The third-order valence-electron chi connectivity index (χ3n) is 2.52. The van der Waals surface area contributed by atoms with E-state index in [9.17, 15) is 4.79 Å². The van der Waals surface area contributed by atoms with E-state index in [4.69, 9.17) is 4.74 Å². The van der Waals surface area contributed by atoms with Crippen molar-refractivity contribution in [3.63, 3.8) is 0 Å². The van der Waals surface area contributed by atoms with Crippen LogP contribution in [0.25, 0.3) is 0 Å². The molecule has 0 aromatic heterocycles. The molecule has 3 heteroatoms. The van der Waals surface area contributed by atoms with E-state index in [0.717, 1.165) is 12.8 Å². The van der Waals surface area contributed by atoms with Gasteiger partial charge in [0.15, 0.2) is 0 Å². The van der Waals surface area contributed by atoms with Crippen LogP contribution in [0.2, 0.25) is 0 Å². The van der Waals surface area contributed by atoms with Crippen LogP contribution in [0, 0.1) is 0 Å². The molecule has 0 rings (SSSR count). The summed E-state index contributed by atoms with van der Waals surface area (Å²) in [6, 6.07) is 0.504. The van der Waals surface area contributed by atoms with Gasteiger partial charge in [0.05, 0.1) is 7.11 Å². The zero-order chi connectivity index (χ0) is 10.4. The van der Waals surface area contributed by atoms with Crippen molar-refractivity contribution in [1.29, 1.82) is 0 Å². The summed E-state index contributed by atoms with van der Waals surface area (Å²) in [5.74, 6) is 0. The summed E-state index contributed by atoms with van der Waals surface area (Å²) in [7, 11) is 1.43. The molecule has 0 N–H and O–H groups in total. The number of hydrogen-bond donors (Lipinski definition) is 0. The molecule has 0 bridgehead atoms. The molecule has 0 aliphatic heterocycles. The lowest BCUT2D eigenvalue weighted by molar-refractivity contribution is 0.0872. The Balaban J connectivity index is 4.44. The van der Waals surface area contributed by atoms with Gasteiger partial charge in [-0.1, -0.05) is 13.8 Å². The third-order valence-corrected chi connectivity index (χ3v) is 2.52. The van der Waals surface area contributed by atoms with Crippen molar-refractivity contribution in [2.75, 3.05) is 7.11 Å². The van der Waals surface area contributed by atoms with Crippen molar-refractivity contribution >= 4 is 6.09 Å². The van der Waals surface area contributed by atoms with Gasteiger partial charge in [-0.2, -0.15) is 0 Å². The minimum Gasteiger partial charge on any atom is -0.453 e. The van der Waals surface area contributed by atoms with Crippen LogP contribution in [0.4, 0.5) is 4.79 Å². The maximum absolute atomic E-state index is 11.4. The van der Waals surface area contributed by atoms with Gasteiger partial charge in [0.2, 0.25) is 0 Å². The number of hydrogen-bond acceptors (Lipinski definition) is 2. The summed E-state index contributed by atoms with van der Waals surface area (Å²) in [6.45, 7) is 8.23. The highest BCUT2D eigenvalue weighted by atomic mass is 16.5. The van der Waals surface area contributed by atoms with E-state index in [1.165, 1.54) is 7.11 Å². The smallest absolute Gasteiger partial charge is 0.409 e. The van der Waals surface area contributed by atoms with E-state index >= 15 is 0 Å². The van der Waals surface area contributed by atoms with Crippen molar-refractivity contribution in [1.82, 2.24) is 4.90 Å². The highest BCUT2D eigenvalue weighted by Crippen LogP contribution is 2.12. The lowest BCUT2D eigenvalue weighted by Gasteiger charge is -2.32. The average molecular weight is 187 g/mol. The lowest BCUT2D eigenvalue weighted by Crippen LogP contribution is -2.44. The normalized spacial score (nSPS) is 14.8. The van der Waals surface area contributed by atoms with E-state index in [0.29, 0.717) is 0 Å². The van der Waals surface area contributed by atoms with Crippen molar-refractivity contribution in [3.05, 3.63) is 0 Å². The van der Waals surface area contributed by atoms with Gasteiger partial charge in [-0.25, -0.2) is 4.79 Å². The first-order chi connectivity index (χ1) is 6.08. The van der Waals surface area contributed by atoms with E-state index in [1.54, 1.807) is 4.90 Å². The Morgan fingerprint density at radius 2 is 1.62 bits per heavy atom. The molecule has 0 fully saturated rings. The molecule has 2 atom stereocenters. The minimum atomic E-state index is -0.219. The molecule has 0 aromatic carbocycles. The summed E-state index contributed by atoms with van der Waals surface area (Å²) < 4.78 is 4.75. The number of carbonyl (C=O) groups is 1. The Morgan fingerprint density at radius 1 is 1.23 bits per heavy atom. The molecule has 0 heterocycles. The van der Waals surface area contributed by atoms with Crippen LogP contribution in [0.3, 0.4) is 0 Å². The second-order valence-electron chi connectivity index (χ2n) is 3.39. The maximum atomic E-state index is 11.4. The molecule has 3 nitrogen and oxygen atoms in total. The van der Waals surface area contributed by atoms with Crippen LogP contribution in [-0.2, 0) is 4.74 Å². The van der Waals surface area contributed by atoms with E-state index in [2.05, 4.69) is 13.8 Å². The molecule has 0 spiro atoms. The monoisotopic (exact) mass is 187 g/mol. The third kappa shape index (κ3) is 3.25. The van der Waals surface area contributed by atoms with Crippen molar-refractivity contribution < 1.29 is 9.53 Å². The predicted octanol–water partition coefficient (Wildman–Crippen LogP) is 2.65. The SMILES string of the molecule is CCC(C)N(C(=O)OC)C(C)CC. The summed E-state index contributed by atoms with van der Waals surface area (Å²) in [5.41, 5.74) is 0. The molecule has 13 heavy (non-hydrogen) atoms. The second kappa shape index (κ2) is 5.84. The Bertz CT molecular complexity index is 149. The zero-order valence-electron chi connectivity index (χ0n) is 9.33. The molecule has 0 aromatic rings. The van der Waals surface area contributed by atoms with Gasteiger partial charge in [0.1, 0.15) is 0 Å². The number of nitrogens with zero attached hydrogens (tertiary/aromatic N) is 1. The molecular weight excluding hydrogens is 166 g/mol. The van der Waals surface area contributed by atoms with Crippen LogP contribution in [0.15, 0.2) is 0 Å². The highest BCUT2D eigenvalue weighted by molar-refractivity contribution is 5.68. The number of rotatable bonds is 4. The largest absolute Gasteiger partial charge is 0.453 e. The minimum absolute atomic E-state index is 0.219. The van der Waals surface area contributed by atoms with Crippen molar-refractivity contribution in [3.8, 4) is 0 Å². The summed E-state index contributed by atoms with van der Waals surface area (Å²) in [6.07, 6.45) is 1.70. The Kier molecular flexibility index (Phi) is 5.51. The number of methoxy groups -OCH3 is 1. The zero-order valence-corrected chi connectivity index (χ0v) is 9.33. The first-order valence-electron chi connectivity index (χ1n) is 4.94. The fraction of sp³-hybridized carbons (Fsp3) is 0.900. The van der Waals surface area contributed by atoms with Gasteiger partial charge >= 0.3 is 6.09 Å². The van der Waals surface area contributed by atoms with Crippen LogP contribution >= 0.6 is 0 Å². The molecule has 0 aliphatic rings. The van der Waals surface area contributed by atoms with Crippen molar-refractivity contribution in [2.24, 2.45) is 0 Å². The molecule has 0 saturated heterocycles. The quantitative estimate of drug-likeness (QED) is 0.677. The summed E-state index contributed by atoms with van der Waals surface area (Å²) in [4.78, 5) is 13.2. The summed E-state index contributed by atoms with van der Waals surface area (Å²) in [5, 5.41) is 0. The second-order valence-corrected chi connectivity index (χ2v) is 3.39. The molecule has 0 saturated carbocycles. The Labute approximate surface area is 81.1 Å². The molecule has 2 unspecified atom stereocenters. The molecule has 0 aliphatic carbocycles. The molecule has 1 amide bonds. The van der Waals surface area contributed by atoms with Gasteiger partial charge in [-0.15, -0.1) is 0 Å². The van der Waals surface area contributed by atoms with Gasteiger partial charge in [0.25, 0.3) is 0 Å². The predicted molar refractivity (Wildman–Crippen MR) is 53.8 cm³/mol. The van der Waals surface area contributed by atoms with E-state index in [-0.39, 0.29) is 18.2 Å². The highest BCUT2D eigenvalue weighted by Gasteiger charge is 2.23. The fourth-order valence-electron chi connectivity index (χ4n) is 1.29. The molecule has 78 valence electrons.